The minimum absolute atomic E-state index is 0.00675. The number of rotatable bonds is 6. The Hall–Kier alpha value is -3.89. The molecule has 1 aromatic carbocycles. The van der Waals surface area contributed by atoms with Crippen molar-refractivity contribution in [3.8, 4) is 17.0 Å². The maximum atomic E-state index is 15.4. The van der Waals surface area contributed by atoms with Crippen LogP contribution in [0.3, 0.4) is 0 Å². The summed E-state index contributed by atoms with van der Waals surface area (Å²) in [5, 5.41) is 16.9. The molecule has 5 heterocycles. The molecule has 0 radical (unpaired) electrons. The Labute approximate surface area is 217 Å². The zero-order valence-electron chi connectivity index (χ0n) is 20.8. The molecule has 0 spiro atoms. The summed E-state index contributed by atoms with van der Waals surface area (Å²) in [7, 11) is 1.83. The van der Waals surface area contributed by atoms with E-state index in [2.05, 4.69) is 27.2 Å². The lowest BCUT2D eigenvalue weighted by molar-refractivity contribution is -0.0410. The van der Waals surface area contributed by atoms with Crippen molar-refractivity contribution in [1.82, 2.24) is 29.3 Å². The number of aliphatic hydroxyl groups is 1. The number of hydrogen-bond acceptors (Lipinski definition) is 7. The highest BCUT2D eigenvalue weighted by Gasteiger charge is 2.46. The standard InChI is InChI=1S/C28H27FN6O3/c1-34-10-9-22(33-34)20-13-35(27-19(20)12-30-15-31-27)28-25(29)26(36)24(38-28)14-37-18-7-5-17-6-8-21(16-3-2-4-16)32-23(17)11-18/h5-13,15-16,24-26,28,36H,2-4,14H2,1H3/t24-,25+,26-,28-/m1/s1. The van der Waals surface area contributed by atoms with E-state index in [9.17, 15) is 5.11 Å². The van der Waals surface area contributed by atoms with Crippen molar-refractivity contribution in [3.05, 3.63) is 67.0 Å². The monoisotopic (exact) mass is 514 g/mol. The van der Waals surface area contributed by atoms with Gasteiger partial charge in [0, 0.05) is 59.7 Å². The Balaban J connectivity index is 1.12. The number of benzene rings is 1. The Morgan fingerprint density at radius 3 is 2.84 bits per heavy atom. The van der Waals surface area contributed by atoms with E-state index in [0.29, 0.717) is 23.0 Å². The lowest BCUT2D eigenvalue weighted by atomic mass is 9.82. The van der Waals surface area contributed by atoms with Crippen molar-refractivity contribution in [3.63, 3.8) is 0 Å². The molecular weight excluding hydrogens is 487 g/mol. The largest absolute Gasteiger partial charge is 0.491 e. The highest BCUT2D eigenvalue weighted by Crippen LogP contribution is 2.38. The molecule has 9 nitrogen and oxygen atoms in total. The molecule has 2 fully saturated rings. The average Bonchev–Trinajstić information content (AvgIpc) is 3.57. The molecule has 10 heteroatoms. The highest BCUT2D eigenvalue weighted by molar-refractivity contribution is 5.92. The fourth-order valence-corrected chi connectivity index (χ4v) is 5.32. The first kappa shape index (κ1) is 23.2. The lowest BCUT2D eigenvalue weighted by Crippen LogP contribution is -2.32. The average molecular weight is 515 g/mol. The van der Waals surface area contributed by atoms with E-state index < -0.39 is 24.6 Å². The molecule has 1 aliphatic heterocycles. The number of halogens is 1. The van der Waals surface area contributed by atoms with E-state index in [1.54, 1.807) is 21.6 Å². The van der Waals surface area contributed by atoms with Crippen LogP contribution >= 0.6 is 0 Å². The van der Waals surface area contributed by atoms with Crippen molar-refractivity contribution in [2.75, 3.05) is 6.61 Å². The van der Waals surface area contributed by atoms with Gasteiger partial charge in [0.2, 0.25) is 0 Å². The Bertz CT molecular complexity index is 1630. The van der Waals surface area contributed by atoms with Crippen LogP contribution in [0.25, 0.3) is 33.2 Å². The van der Waals surface area contributed by atoms with E-state index >= 15 is 4.39 Å². The first-order valence-electron chi connectivity index (χ1n) is 12.9. The second kappa shape index (κ2) is 9.14. The van der Waals surface area contributed by atoms with E-state index in [-0.39, 0.29) is 6.61 Å². The highest BCUT2D eigenvalue weighted by atomic mass is 19.1. The van der Waals surface area contributed by atoms with Gasteiger partial charge < -0.3 is 19.1 Å². The van der Waals surface area contributed by atoms with Crippen molar-refractivity contribution in [2.24, 2.45) is 7.05 Å². The van der Waals surface area contributed by atoms with Gasteiger partial charge in [-0.15, -0.1) is 0 Å². The van der Waals surface area contributed by atoms with Gasteiger partial charge >= 0.3 is 0 Å². The molecule has 1 N–H and O–H groups in total. The molecule has 1 saturated heterocycles. The molecule has 5 aromatic rings. The van der Waals surface area contributed by atoms with Crippen molar-refractivity contribution in [2.45, 2.75) is 49.8 Å². The smallest absolute Gasteiger partial charge is 0.173 e. The molecule has 38 heavy (non-hydrogen) atoms. The van der Waals surface area contributed by atoms with Gasteiger partial charge in [0.15, 0.2) is 12.4 Å². The van der Waals surface area contributed by atoms with Crippen LogP contribution in [-0.2, 0) is 11.8 Å². The molecule has 0 bridgehead atoms. The SMILES string of the molecule is Cn1ccc(-c2cn([C@@H]3O[C@H](COc4ccc5ccc(C6CCC6)nc5c4)[C@@H](O)[C@@H]3F)c3ncncc23)n1. The number of pyridine rings is 1. The summed E-state index contributed by atoms with van der Waals surface area (Å²) in [4.78, 5) is 13.3. The molecule has 194 valence electrons. The number of hydrogen-bond donors (Lipinski definition) is 1. The number of aromatic nitrogens is 6. The Morgan fingerprint density at radius 2 is 2.05 bits per heavy atom. The van der Waals surface area contributed by atoms with Gasteiger partial charge in [-0.25, -0.2) is 14.4 Å². The number of nitrogens with zero attached hydrogens (tertiary/aromatic N) is 6. The van der Waals surface area contributed by atoms with Crippen LogP contribution in [0.4, 0.5) is 4.39 Å². The van der Waals surface area contributed by atoms with Crippen molar-refractivity contribution < 1.29 is 19.0 Å². The summed E-state index contributed by atoms with van der Waals surface area (Å²) in [6, 6.07) is 11.8. The Kier molecular flexibility index (Phi) is 5.59. The summed E-state index contributed by atoms with van der Waals surface area (Å²) in [5.41, 5.74) is 3.96. The molecule has 0 amide bonds. The Morgan fingerprint density at radius 1 is 1.18 bits per heavy atom. The normalized spacial score (nSPS) is 23.8. The van der Waals surface area contributed by atoms with Gasteiger partial charge in [0.05, 0.1) is 11.2 Å². The minimum atomic E-state index is -1.67. The van der Waals surface area contributed by atoms with Crippen LogP contribution < -0.4 is 4.74 Å². The third kappa shape index (κ3) is 3.91. The summed E-state index contributed by atoms with van der Waals surface area (Å²) in [6.45, 7) is -0.00675. The zero-order valence-corrected chi connectivity index (χ0v) is 20.8. The fourth-order valence-electron chi connectivity index (χ4n) is 5.32. The van der Waals surface area contributed by atoms with E-state index in [1.807, 2.05) is 37.5 Å². The molecule has 1 saturated carbocycles. The summed E-state index contributed by atoms with van der Waals surface area (Å²) < 4.78 is 30.7. The molecule has 0 unspecified atom stereocenters. The molecule has 7 rings (SSSR count). The lowest BCUT2D eigenvalue weighted by Gasteiger charge is -2.24. The van der Waals surface area contributed by atoms with Crippen LogP contribution in [0.5, 0.6) is 5.75 Å². The predicted octanol–water partition coefficient (Wildman–Crippen LogP) is 4.32. The van der Waals surface area contributed by atoms with Gasteiger partial charge in [-0.1, -0.05) is 12.5 Å². The first-order valence-corrected chi connectivity index (χ1v) is 12.9. The summed E-state index contributed by atoms with van der Waals surface area (Å²) in [5.74, 6) is 1.14. The van der Waals surface area contributed by atoms with E-state index in [1.165, 1.54) is 25.6 Å². The van der Waals surface area contributed by atoms with Crippen molar-refractivity contribution >= 4 is 21.9 Å². The van der Waals surface area contributed by atoms with E-state index in [4.69, 9.17) is 14.5 Å². The fraction of sp³-hybridized carbons (Fsp3) is 0.357. The second-order valence-corrected chi connectivity index (χ2v) is 10.1. The van der Waals surface area contributed by atoms with E-state index in [0.717, 1.165) is 27.5 Å². The van der Waals surface area contributed by atoms with Gasteiger partial charge in [-0.2, -0.15) is 5.10 Å². The van der Waals surface area contributed by atoms with Crippen LogP contribution in [0.15, 0.2) is 61.3 Å². The maximum absolute atomic E-state index is 15.4. The van der Waals surface area contributed by atoms with Crippen LogP contribution in [-0.4, -0.2) is 59.4 Å². The molecular formula is C28H27FN6O3. The third-order valence-corrected chi connectivity index (χ3v) is 7.67. The maximum Gasteiger partial charge on any atom is 0.173 e. The van der Waals surface area contributed by atoms with Gasteiger partial charge in [-0.3, -0.25) is 9.67 Å². The van der Waals surface area contributed by atoms with Crippen molar-refractivity contribution in [1.29, 1.82) is 0 Å². The molecule has 1 aliphatic carbocycles. The van der Waals surface area contributed by atoms with Gasteiger partial charge in [0.1, 0.15) is 36.5 Å². The van der Waals surface area contributed by atoms with Gasteiger partial charge in [0.25, 0.3) is 0 Å². The summed E-state index contributed by atoms with van der Waals surface area (Å²) >= 11 is 0. The number of aryl methyl sites for hydroxylation is 1. The minimum Gasteiger partial charge on any atom is -0.491 e. The second-order valence-electron chi connectivity index (χ2n) is 10.1. The number of ether oxygens (including phenoxy) is 2. The van der Waals surface area contributed by atoms with Crippen LogP contribution in [0.2, 0.25) is 0 Å². The summed E-state index contributed by atoms with van der Waals surface area (Å²) in [6.07, 6.45) is 5.32. The predicted molar refractivity (Wildman–Crippen MR) is 138 cm³/mol. The van der Waals surface area contributed by atoms with Crippen LogP contribution in [0, 0.1) is 0 Å². The molecule has 2 aliphatic rings. The zero-order chi connectivity index (χ0) is 25.8. The molecule has 4 atom stereocenters. The number of fused-ring (bicyclic) bond motifs is 2. The molecule has 4 aromatic heterocycles. The number of aliphatic hydroxyl groups excluding tert-OH is 1. The quantitative estimate of drug-likeness (QED) is 0.360. The first-order chi connectivity index (χ1) is 18.5. The topological polar surface area (TPSA) is 100 Å². The van der Waals surface area contributed by atoms with Crippen LogP contribution in [0.1, 0.15) is 37.1 Å². The third-order valence-electron chi connectivity index (χ3n) is 7.67. The van der Waals surface area contributed by atoms with Gasteiger partial charge in [-0.05, 0) is 37.1 Å². The number of alkyl halides is 1.